The SMILES string of the molecule is c1ccc2c(c1)oc1ccc(-n3c4ccccc4c4cc(-c5ccc6c(c5)c5ccccc5n6-c5nc(-c6ccc7c8ccccc8c8ccccc8c7c6)nc(-c6ccc7c8ccccc8c8ccccc8c7c6)n5)ccc43)cc12. The van der Waals surface area contributed by atoms with Crippen molar-refractivity contribution in [1.82, 2.24) is 24.1 Å². The van der Waals surface area contributed by atoms with Gasteiger partial charge in [0.25, 0.3) is 0 Å². The Balaban J connectivity index is 0.834. The van der Waals surface area contributed by atoms with E-state index in [1.165, 1.54) is 64.6 Å². The zero-order valence-electron chi connectivity index (χ0n) is 43.5. The summed E-state index contributed by atoms with van der Waals surface area (Å²) in [5, 5.41) is 21.3. The lowest BCUT2D eigenvalue weighted by molar-refractivity contribution is 0.669. The lowest BCUT2D eigenvalue weighted by Crippen LogP contribution is -2.06. The fourth-order valence-corrected chi connectivity index (χ4v) is 13.5. The largest absolute Gasteiger partial charge is 0.456 e. The number of rotatable bonds is 5. The normalized spacial score (nSPS) is 12.2. The molecule has 4 heterocycles. The Hall–Kier alpha value is -11.0. The molecule has 0 saturated heterocycles. The molecule has 0 aliphatic rings. The topological polar surface area (TPSA) is 61.7 Å². The zero-order valence-corrected chi connectivity index (χ0v) is 43.5. The molecular formula is C75H43N5O. The summed E-state index contributed by atoms with van der Waals surface area (Å²) in [6.07, 6.45) is 0. The van der Waals surface area contributed by atoms with Crippen LogP contribution < -0.4 is 0 Å². The number of benzene rings is 14. The number of para-hydroxylation sites is 3. The van der Waals surface area contributed by atoms with Crippen molar-refractivity contribution in [3.63, 3.8) is 0 Å². The van der Waals surface area contributed by atoms with Gasteiger partial charge in [0.2, 0.25) is 5.95 Å². The summed E-state index contributed by atoms with van der Waals surface area (Å²) in [4.78, 5) is 16.5. The predicted molar refractivity (Wildman–Crippen MR) is 337 cm³/mol. The van der Waals surface area contributed by atoms with Crippen LogP contribution in [0.5, 0.6) is 0 Å². The first-order chi connectivity index (χ1) is 40.1. The standard InChI is InChI=1S/C75H43N5O/c1-3-19-53-49(15-1)51-17-5-7-21-55(51)62-41-46(29-34-57(53)62)73-76-74(47-30-35-58-54-20-4-2-16-50(54)52-18-6-8-22-56(52)63(58)42-47)78-75(77-73)80-68-27-13-10-24-60(68)65-40-45(32-37-70(65)80)44-31-36-69-64(39-44)59-23-9-12-26-67(59)79(69)48-33-38-72-66(43-48)61-25-11-14-28-71(61)81-72/h1-43H. The maximum absolute atomic E-state index is 6.25. The fourth-order valence-electron chi connectivity index (χ4n) is 13.5. The first-order valence-electron chi connectivity index (χ1n) is 27.6. The molecule has 0 unspecified atom stereocenters. The maximum atomic E-state index is 6.25. The molecule has 0 aliphatic carbocycles. The van der Waals surface area contributed by atoms with E-state index in [-0.39, 0.29) is 0 Å². The summed E-state index contributed by atoms with van der Waals surface area (Å²) in [7, 11) is 0. The number of hydrogen-bond acceptors (Lipinski definition) is 4. The summed E-state index contributed by atoms with van der Waals surface area (Å²) < 4.78 is 10.9. The molecule has 0 aliphatic heterocycles. The molecule has 81 heavy (non-hydrogen) atoms. The number of nitrogens with zero attached hydrogens (tertiary/aromatic N) is 5. The van der Waals surface area contributed by atoms with Crippen LogP contribution in [0, 0.1) is 0 Å². The third-order valence-electron chi connectivity index (χ3n) is 17.1. The van der Waals surface area contributed by atoms with E-state index in [4.69, 9.17) is 19.4 Å². The van der Waals surface area contributed by atoms with Gasteiger partial charge in [0.05, 0.1) is 22.1 Å². The van der Waals surface area contributed by atoms with Gasteiger partial charge >= 0.3 is 0 Å². The van der Waals surface area contributed by atoms with Crippen LogP contribution in [-0.2, 0) is 0 Å². The molecule has 6 nitrogen and oxygen atoms in total. The molecule has 0 saturated carbocycles. The molecule has 18 rings (SSSR count). The van der Waals surface area contributed by atoms with Gasteiger partial charge in [0, 0.05) is 49.1 Å². The highest BCUT2D eigenvalue weighted by atomic mass is 16.3. The minimum atomic E-state index is 0.553. The van der Waals surface area contributed by atoms with Crippen molar-refractivity contribution in [2.75, 3.05) is 0 Å². The number of aromatic nitrogens is 5. The van der Waals surface area contributed by atoms with Crippen LogP contribution in [0.4, 0.5) is 0 Å². The van der Waals surface area contributed by atoms with E-state index in [1.54, 1.807) is 0 Å². The van der Waals surface area contributed by atoms with Gasteiger partial charge in [-0.3, -0.25) is 4.57 Å². The summed E-state index contributed by atoms with van der Waals surface area (Å²) in [5.74, 6) is 1.76. The molecule has 0 amide bonds. The van der Waals surface area contributed by atoms with Crippen molar-refractivity contribution in [3.05, 3.63) is 261 Å². The quantitative estimate of drug-likeness (QED) is 0.161. The van der Waals surface area contributed by atoms with Gasteiger partial charge in [-0.25, -0.2) is 4.98 Å². The van der Waals surface area contributed by atoms with E-state index in [2.05, 4.69) is 258 Å². The van der Waals surface area contributed by atoms with Gasteiger partial charge in [0.1, 0.15) is 11.2 Å². The summed E-state index contributed by atoms with van der Waals surface area (Å²) >= 11 is 0. The summed E-state index contributed by atoms with van der Waals surface area (Å²) in [5.41, 5.74) is 11.3. The first kappa shape index (κ1) is 44.1. The van der Waals surface area contributed by atoms with E-state index in [0.717, 1.165) is 93.5 Å². The lowest BCUT2D eigenvalue weighted by Gasteiger charge is -2.14. The van der Waals surface area contributed by atoms with Crippen LogP contribution in [0.2, 0.25) is 0 Å². The average Bonchev–Trinajstić information content (AvgIpc) is 4.28. The van der Waals surface area contributed by atoms with Gasteiger partial charge in [-0.15, -0.1) is 0 Å². The van der Waals surface area contributed by atoms with Crippen molar-refractivity contribution in [3.8, 4) is 45.5 Å². The van der Waals surface area contributed by atoms with E-state index < -0.39 is 0 Å². The number of hydrogen-bond donors (Lipinski definition) is 0. The molecule has 6 heteroatoms. The van der Waals surface area contributed by atoms with Crippen LogP contribution in [0.15, 0.2) is 265 Å². The van der Waals surface area contributed by atoms with E-state index in [9.17, 15) is 0 Å². The highest BCUT2D eigenvalue weighted by molar-refractivity contribution is 6.27. The zero-order chi connectivity index (χ0) is 52.9. The Bertz CT molecular complexity index is 5500. The van der Waals surface area contributed by atoms with Crippen LogP contribution in [0.1, 0.15) is 0 Å². The van der Waals surface area contributed by atoms with Crippen molar-refractivity contribution < 1.29 is 4.42 Å². The van der Waals surface area contributed by atoms with Gasteiger partial charge in [-0.1, -0.05) is 188 Å². The van der Waals surface area contributed by atoms with Gasteiger partial charge in [-0.2, -0.15) is 9.97 Å². The molecule has 0 bridgehead atoms. The minimum absolute atomic E-state index is 0.553. The number of furan rings is 1. The second-order valence-corrected chi connectivity index (χ2v) is 21.4. The highest BCUT2D eigenvalue weighted by Gasteiger charge is 2.22. The molecule has 0 atom stereocenters. The van der Waals surface area contributed by atoms with Crippen molar-refractivity contribution in [1.29, 1.82) is 0 Å². The summed E-state index contributed by atoms with van der Waals surface area (Å²) in [6.45, 7) is 0. The van der Waals surface area contributed by atoms with Crippen LogP contribution in [-0.4, -0.2) is 24.1 Å². The number of fused-ring (bicyclic) bond motifs is 21. The Morgan fingerprint density at radius 1 is 0.222 bits per heavy atom. The maximum Gasteiger partial charge on any atom is 0.238 e. The smallest absolute Gasteiger partial charge is 0.238 e. The van der Waals surface area contributed by atoms with Crippen molar-refractivity contribution >= 4 is 130 Å². The molecule has 374 valence electrons. The second kappa shape index (κ2) is 16.8. The summed E-state index contributed by atoms with van der Waals surface area (Å²) in [6, 6.07) is 94.1. The predicted octanol–water partition coefficient (Wildman–Crippen LogP) is 19.9. The van der Waals surface area contributed by atoms with Crippen LogP contribution >= 0.6 is 0 Å². The molecule has 4 aromatic heterocycles. The first-order valence-corrected chi connectivity index (χ1v) is 27.6. The van der Waals surface area contributed by atoms with Gasteiger partial charge in [-0.05, 0) is 149 Å². The Kier molecular flexibility index (Phi) is 9.13. The Morgan fingerprint density at radius 3 is 1.09 bits per heavy atom. The van der Waals surface area contributed by atoms with E-state index >= 15 is 0 Å². The van der Waals surface area contributed by atoms with Crippen LogP contribution in [0.3, 0.4) is 0 Å². The molecule has 0 N–H and O–H groups in total. The van der Waals surface area contributed by atoms with E-state index in [0.29, 0.717) is 17.6 Å². The minimum Gasteiger partial charge on any atom is -0.456 e. The lowest BCUT2D eigenvalue weighted by atomic mass is 9.93. The molecular weight excluding hydrogens is 987 g/mol. The Morgan fingerprint density at radius 2 is 0.580 bits per heavy atom. The third kappa shape index (κ3) is 6.47. The van der Waals surface area contributed by atoms with Gasteiger partial charge in [0.15, 0.2) is 11.6 Å². The molecule has 0 spiro atoms. The molecule has 0 fully saturated rings. The monoisotopic (exact) mass is 1030 g/mol. The Labute approximate surface area is 462 Å². The van der Waals surface area contributed by atoms with E-state index in [1.807, 2.05) is 12.1 Å². The fraction of sp³-hybridized carbons (Fsp3) is 0. The van der Waals surface area contributed by atoms with Gasteiger partial charge < -0.3 is 8.98 Å². The third-order valence-corrected chi connectivity index (χ3v) is 17.1. The molecule has 14 aromatic carbocycles. The second-order valence-electron chi connectivity index (χ2n) is 21.4. The van der Waals surface area contributed by atoms with Crippen molar-refractivity contribution in [2.24, 2.45) is 0 Å². The van der Waals surface area contributed by atoms with Crippen molar-refractivity contribution in [2.45, 2.75) is 0 Å². The highest BCUT2D eigenvalue weighted by Crippen LogP contribution is 2.43. The molecule has 0 radical (unpaired) electrons. The van der Waals surface area contributed by atoms with Crippen LogP contribution in [0.25, 0.3) is 176 Å². The molecule has 18 aromatic rings. The average molecular weight is 1030 g/mol.